The Morgan fingerprint density at radius 2 is 2.07 bits per heavy atom. The molecule has 0 aliphatic heterocycles. The molecule has 0 bridgehead atoms. The quantitative estimate of drug-likeness (QED) is 0.431. The second-order valence-corrected chi connectivity index (χ2v) is 7.13. The number of aryl methyl sites for hydroxylation is 2. The highest BCUT2D eigenvalue weighted by Crippen LogP contribution is 2.18. The molecule has 0 radical (unpaired) electrons. The van der Waals surface area contributed by atoms with Gasteiger partial charge in [0.1, 0.15) is 5.75 Å². The van der Waals surface area contributed by atoms with Gasteiger partial charge in [-0.25, -0.2) is 9.36 Å². The van der Waals surface area contributed by atoms with Gasteiger partial charge in [-0.2, -0.15) is 5.10 Å². The van der Waals surface area contributed by atoms with E-state index in [9.17, 15) is 4.79 Å². The van der Waals surface area contributed by atoms with Gasteiger partial charge in [-0.15, -0.1) is 10.2 Å². The highest BCUT2D eigenvalue weighted by molar-refractivity contribution is 7.99. The smallest absolute Gasteiger partial charge is 0.271 e. The molecule has 148 valence electrons. The van der Waals surface area contributed by atoms with Crippen LogP contribution in [-0.4, -0.2) is 50.0 Å². The summed E-state index contributed by atoms with van der Waals surface area (Å²) in [5.41, 5.74) is 2.82. The standard InChI is InChI=1S/C18H23N7O2S/c1-12-10-13(2)25(23-12)17-21-22-18(24(17)19)28-11-16(26)20-9-8-14-6-4-5-7-15(14)27-3/h4-7,10H,8-9,11,19H2,1-3H3,(H,20,26). The van der Waals surface area contributed by atoms with Crippen LogP contribution in [0.2, 0.25) is 0 Å². The maximum absolute atomic E-state index is 12.1. The molecule has 3 aromatic rings. The van der Waals surface area contributed by atoms with Crippen molar-refractivity contribution in [3.63, 3.8) is 0 Å². The number of nitrogens with zero attached hydrogens (tertiary/aromatic N) is 5. The van der Waals surface area contributed by atoms with Gasteiger partial charge in [-0.3, -0.25) is 4.79 Å². The summed E-state index contributed by atoms with van der Waals surface area (Å²) in [6.45, 7) is 4.33. The molecule has 1 amide bonds. The molecule has 0 fully saturated rings. The Balaban J connectivity index is 1.52. The van der Waals surface area contributed by atoms with Crippen molar-refractivity contribution < 1.29 is 9.53 Å². The van der Waals surface area contributed by atoms with Crippen LogP contribution in [0.15, 0.2) is 35.5 Å². The Labute approximate surface area is 167 Å². The van der Waals surface area contributed by atoms with E-state index in [1.807, 2.05) is 44.2 Å². The van der Waals surface area contributed by atoms with Crippen molar-refractivity contribution in [1.29, 1.82) is 0 Å². The Bertz CT molecular complexity index is 967. The minimum absolute atomic E-state index is 0.101. The molecule has 0 atom stereocenters. The topological polar surface area (TPSA) is 113 Å². The monoisotopic (exact) mass is 401 g/mol. The second kappa shape index (κ2) is 8.79. The summed E-state index contributed by atoms with van der Waals surface area (Å²) < 4.78 is 8.28. The highest BCUT2D eigenvalue weighted by atomic mass is 32.2. The van der Waals surface area contributed by atoms with Crippen LogP contribution in [0.1, 0.15) is 17.0 Å². The molecule has 0 aliphatic rings. The summed E-state index contributed by atoms with van der Waals surface area (Å²) in [6.07, 6.45) is 0.690. The number of hydrogen-bond donors (Lipinski definition) is 2. The number of amides is 1. The SMILES string of the molecule is COc1ccccc1CCNC(=O)CSc1nnc(-n2nc(C)cc2C)n1N. The lowest BCUT2D eigenvalue weighted by atomic mass is 10.1. The van der Waals surface area contributed by atoms with E-state index < -0.39 is 0 Å². The first-order valence-corrected chi connectivity index (χ1v) is 9.73. The molecule has 3 N–H and O–H groups in total. The van der Waals surface area contributed by atoms with Crippen molar-refractivity contribution in [2.75, 3.05) is 25.3 Å². The number of para-hydroxylation sites is 1. The number of nitrogens with one attached hydrogen (secondary N) is 1. The number of rotatable bonds is 8. The predicted molar refractivity (Wildman–Crippen MR) is 107 cm³/mol. The number of benzene rings is 1. The van der Waals surface area contributed by atoms with Crippen LogP contribution in [0.4, 0.5) is 0 Å². The van der Waals surface area contributed by atoms with Crippen LogP contribution < -0.4 is 15.9 Å². The molecule has 0 spiro atoms. The number of carbonyl (C=O) groups is 1. The third kappa shape index (κ3) is 4.45. The highest BCUT2D eigenvalue weighted by Gasteiger charge is 2.16. The second-order valence-electron chi connectivity index (χ2n) is 6.19. The van der Waals surface area contributed by atoms with E-state index in [2.05, 4.69) is 20.6 Å². The molecule has 2 aromatic heterocycles. The number of aromatic nitrogens is 5. The van der Waals surface area contributed by atoms with Crippen LogP contribution in [-0.2, 0) is 11.2 Å². The summed E-state index contributed by atoms with van der Waals surface area (Å²) in [4.78, 5) is 12.1. The van der Waals surface area contributed by atoms with Crippen molar-refractivity contribution >= 4 is 17.7 Å². The average molecular weight is 401 g/mol. The number of carbonyl (C=O) groups excluding carboxylic acids is 1. The largest absolute Gasteiger partial charge is 0.496 e. The lowest BCUT2D eigenvalue weighted by Gasteiger charge is -2.09. The van der Waals surface area contributed by atoms with E-state index in [0.29, 0.717) is 24.1 Å². The summed E-state index contributed by atoms with van der Waals surface area (Å²) in [6, 6.07) is 9.68. The normalized spacial score (nSPS) is 10.8. The molecule has 0 unspecified atom stereocenters. The molecule has 3 rings (SSSR count). The number of hydrogen-bond acceptors (Lipinski definition) is 7. The number of thioether (sulfide) groups is 1. The van der Waals surface area contributed by atoms with Crippen LogP contribution in [0.3, 0.4) is 0 Å². The molecule has 1 aromatic carbocycles. The number of nitrogens with two attached hydrogens (primary N) is 1. The van der Waals surface area contributed by atoms with Gasteiger partial charge >= 0.3 is 0 Å². The van der Waals surface area contributed by atoms with E-state index in [0.717, 1.165) is 22.7 Å². The lowest BCUT2D eigenvalue weighted by Crippen LogP contribution is -2.27. The molecule has 10 heteroatoms. The Morgan fingerprint density at radius 3 is 2.79 bits per heavy atom. The maximum atomic E-state index is 12.1. The van der Waals surface area contributed by atoms with E-state index >= 15 is 0 Å². The average Bonchev–Trinajstić information content (AvgIpc) is 3.21. The van der Waals surface area contributed by atoms with Gasteiger partial charge in [0, 0.05) is 12.2 Å². The third-order valence-electron chi connectivity index (χ3n) is 4.09. The van der Waals surface area contributed by atoms with Gasteiger partial charge in [0.25, 0.3) is 5.95 Å². The van der Waals surface area contributed by atoms with Crippen molar-refractivity contribution in [3.05, 3.63) is 47.3 Å². The molecule has 2 heterocycles. The summed E-state index contributed by atoms with van der Waals surface area (Å²) in [5, 5.41) is 15.8. The molecule has 28 heavy (non-hydrogen) atoms. The number of methoxy groups -OCH3 is 1. The van der Waals surface area contributed by atoms with Gasteiger partial charge in [0.15, 0.2) is 0 Å². The van der Waals surface area contributed by atoms with Crippen LogP contribution in [0.5, 0.6) is 5.75 Å². The Morgan fingerprint density at radius 1 is 1.29 bits per heavy atom. The fourth-order valence-corrected chi connectivity index (χ4v) is 3.45. The summed E-state index contributed by atoms with van der Waals surface area (Å²) in [7, 11) is 1.64. The lowest BCUT2D eigenvalue weighted by molar-refractivity contribution is -0.118. The number of ether oxygens (including phenoxy) is 1. The molecule has 0 aliphatic carbocycles. The minimum Gasteiger partial charge on any atom is -0.496 e. The predicted octanol–water partition coefficient (Wildman–Crippen LogP) is 1.25. The molecular weight excluding hydrogens is 378 g/mol. The summed E-state index contributed by atoms with van der Waals surface area (Å²) >= 11 is 1.22. The van der Waals surface area contributed by atoms with Crippen molar-refractivity contribution in [3.8, 4) is 11.7 Å². The van der Waals surface area contributed by atoms with Gasteiger partial charge < -0.3 is 15.9 Å². The van der Waals surface area contributed by atoms with Crippen molar-refractivity contribution in [2.45, 2.75) is 25.4 Å². The Kier molecular flexibility index (Phi) is 6.19. The van der Waals surface area contributed by atoms with Gasteiger partial charge in [-0.05, 0) is 38.0 Å². The Hall–Kier alpha value is -3.01. The van der Waals surface area contributed by atoms with E-state index in [1.54, 1.807) is 11.8 Å². The van der Waals surface area contributed by atoms with E-state index in [4.69, 9.17) is 10.6 Å². The number of nitrogen functional groups attached to an aromatic ring is 1. The van der Waals surface area contributed by atoms with Crippen LogP contribution >= 0.6 is 11.8 Å². The molecular formula is C18H23N7O2S. The van der Waals surface area contributed by atoms with Crippen LogP contribution in [0, 0.1) is 13.8 Å². The fourth-order valence-electron chi connectivity index (χ4n) is 2.77. The van der Waals surface area contributed by atoms with Crippen LogP contribution in [0.25, 0.3) is 5.95 Å². The van der Waals surface area contributed by atoms with Gasteiger partial charge in [0.05, 0.1) is 18.6 Å². The first-order chi connectivity index (χ1) is 13.5. The molecule has 0 saturated heterocycles. The zero-order valence-corrected chi connectivity index (χ0v) is 16.9. The molecule has 9 nitrogen and oxygen atoms in total. The zero-order valence-electron chi connectivity index (χ0n) is 16.0. The van der Waals surface area contributed by atoms with Gasteiger partial charge in [0.2, 0.25) is 11.1 Å². The fraction of sp³-hybridized carbons (Fsp3) is 0.333. The van der Waals surface area contributed by atoms with E-state index in [-0.39, 0.29) is 11.7 Å². The summed E-state index contributed by atoms with van der Waals surface area (Å²) in [5.74, 6) is 7.39. The minimum atomic E-state index is -0.101. The maximum Gasteiger partial charge on any atom is 0.271 e. The third-order valence-corrected chi connectivity index (χ3v) is 5.03. The molecule has 0 saturated carbocycles. The zero-order chi connectivity index (χ0) is 20.1. The van der Waals surface area contributed by atoms with Crippen molar-refractivity contribution in [2.24, 2.45) is 0 Å². The first-order valence-electron chi connectivity index (χ1n) is 8.75. The van der Waals surface area contributed by atoms with Gasteiger partial charge in [-0.1, -0.05) is 30.0 Å². The van der Waals surface area contributed by atoms with E-state index in [1.165, 1.54) is 16.4 Å². The van der Waals surface area contributed by atoms with Crippen molar-refractivity contribution in [1.82, 2.24) is 30.0 Å². The first kappa shape index (κ1) is 19.7.